The zero-order valence-electron chi connectivity index (χ0n) is 22.2. The maximum atomic E-state index is 12.9. The molecule has 202 valence electrons. The Morgan fingerprint density at radius 2 is 1.71 bits per heavy atom. The van der Waals surface area contributed by atoms with Gasteiger partial charge in [-0.05, 0) is 36.4 Å². The molecule has 2 aromatic heterocycles. The minimum absolute atomic E-state index is 0.0283. The summed E-state index contributed by atoms with van der Waals surface area (Å²) in [5.41, 5.74) is 2.74. The Kier molecular flexibility index (Phi) is 7.58. The molecule has 0 aliphatic carbocycles. The van der Waals surface area contributed by atoms with Crippen molar-refractivity contribution in [3.8, 4) is 11.4 Å². The van der Waals surface area contributed by atoms with E-state index in [1.807, 2.05) is 55.6 Å². The lowest BCUT2D eigenvalue weighted by Gasteiger charge is -2.38. The first-order chi connectivity index (χ1) is 17.7. The monoisotopic (exact) mass is 557 g/mol. The van der Waals surface area contributed by atoms with Gasteiger partial charge in [-0.2, -0.15) is 0 Å². The van der Waals surface area contributed by atoms with Gasteiger partial charge in [-0.25, -0.2) is 8.42 Å². The maximum absolute atomic E-state index is 12.9. The normalized spacial score (nSPS) is 14.5. The van der Waals surface area contributed by atoms with Crippen molar-refractivity contribution in [3.63, 3.8) is 0 Å². The van der Waals surface area contributed by atoms with Crippen LogP contribution in [0.3, 0.4) is 0 Å². The van der Waals surface area contributed by atoms with Crippen molar-refractivity contribution in [2.24, 2.45) is 12.5 Å². The highest BCUT2D eigenvalue weighted by Crippen LogP contribution is 2.26. The number of pyridine rings is 1. The van der Waals surface area contributed by atoms with Crippen molar-refractivity contribution < 1.29 is 18.0 Å². The quantitative estimate of drug-likeness (QED) is 0.506. The Morgan fingerprint density at radius 1 is 1.03 bits per heavy atom. The largest absolute Gasteiger partial charge is 0.367 e. The number of carbonyl (C=O) groups excluding carboxylic acids is 2. The van der Waals surface area contributed by atoms with Crippen molar-refractivity contribution in [1.82, 2.24) is 14.5 Å². The first kappa shape index (κ1) is 27.7. The Labute approximate surface area is 228 Å². The summed E-state index contributed by atoms with van der Waals surface area (Å²) in [5.74, 6) is -0.228. The molecule has 38 heavy (non-hydrogen) atoms. The van der Waals surface area contributed by atoms with Crippen LogP contribution in [0.2, 0.25) is 5.02 Å². The van der Waals surface area contributed by atoms with Crippen molar-refractivity contribution in [3.05, 3.63) is 59.4 Å². The molecule has 0 spiro atoms. The predicted octanol–water partition coefficient (Wildman–Crippen LogP) is 4.09. The Morgan fingerprint density at radius 3 is 2.29 bits per heavy atom. The molecule has 1 saturated heterocycles. The van der Waals surface area contributed by atoms with Crippen LogP contribution in [0.1, 0.15) is 31.1 Å². The molecule has 0 atom stereocenters. The fourth-order valence-electron chi connectivity index (χ4n) is 4.36. The molecule has 0 radical (unpaired) electrons. The zero-order valence-corrected chi connectivity index (χ0v) is 23.7. The highest BCUT2D eigenvalue weighted by atomic mass is 35.5. The van der Waals surface area contributed by atoms with E-state index in [1.165, 1.54) is 18.2 Å². The second kappa shape index (κ2) is 10.4. The Bertz CT molecular complexity index is 1470. The summed E-state index contributed by atoms with van der Waals surface area (Å²) in [5, 5.41) is 2.93. The van der Waals surface area contributed by atoms with E-state index < -0.39 is 15.7 Å². The molecular formula is C27H32ClN5O4S. The molecule has 4 rings (SSSR count). The van der Waals surface area contributed by atoms with Crippen molar-refractivity contribution in [2.45, 2.75) is 25.7 Å². The van der Waals surface area contributed by atoms with E-state index in [1.54, 1.807) is 12.3 Å². The van der Waals surface area contributed by atoms with Gasteiger partial charge in [0.2, 0.25) is 5.91 Å². The standard InChI is InChI=1S/C27H32ClN5O4S/c1-27(2,3)26(35)33-10-8-32(9-11-33)21-6-7-23(29-16-21)24-12-18(17-31(24)4)25(34)30-20-13-19(28)14-22(15-20)38(5,36)37/h6-7,12-17H,8-11H2,1-5H3,(H,30,34). The smallest absolute Gasteiger partial charge is 0.257 e. The minimum Gasteiger partial charge on any atom is -0.367 e. The van der Waals surface area contributed by atoms with Gasteiger partial charge in [0.1, 0.15) is 0 Å². The number of hydrogen-bond donors (Lipinski definition) is 1. The molecule has 1 N–H and O–H groups in total. The molecule has 9 nitrogen and oxygen atoms in total. The molecule has 0 unspecified atom stereocenters. The molecule has 1 aromatic carbocycles. The molecular weight excluding hydrogens is 526 g/mol. The average Bonchev–Trinajstić information content (AvgIpc) is 3.24. The topological polar surface area (TPSA) is 105 Å². The fourth-order valence-corrected chi connectivity index (χ4v) is 5.34. The van der Waals surface area contributed by atoms with Gasteiger partial charge in [0.05, 0.1) is 33.7 Å². The summed E-state index contributed by atoms with van der Waals surface area (Å²) in [4.78, 5) is 34.2. The third kappa shape index (κ3) is 6.19. The fraction of sp³-hybridized carbons (Fsp3) is 0.370. The van der Waals surface area contributed by atoms with Crippen LogP contribution < -0.4 is 10.2 Å². The summed E-state index contributed by atoms with van der Waals surface area (Å²) in [6.07, 6.45) is 4.58. The van der Waals surface area contributed by atoms with Crippen molar-refractivity contribution in [1.29, 1.82) is 0 Å². The third-order valence-electron chi connectivity index (χ3n) is 6.41. The van der Waals surface area contributed by atoms with Crippen molar-refractivity contribution >= 4 is 44.6 Å². The second-order valence-corrected chi connectivity index (χ2v) is 13.0. The number of nitrogens with one attached hydrogen (secondary N) is 1. The molecule has 3 aromatic rings. The third-order valence-corrected chi connectivity index (χ3v) is 7.72. The molecule has 3 heterocycles. The summed E-state index contributed by atoms with van der Waals surface area (Å²) in [6, 6.07) is 9.85. The van der Waals surface area contributed by atoms with Gasteiger partial charge in [-0.1, -0.05) is 32.4 Å². The number of amides is 2. The average molecular weight is 558 g/mol. The van der Waals surface area contributed by atoms with Gasteiger partial charge in [-0.15, -0.1) is 0 Å². The van der Waals surface area contributed by atoms with Crippen LogP contribution in [-0.4, -0.2) is 67.1 Å². The lowest BCUT2D eigenvalue weighted by molar-refractivity contribution is -0.139. The van der Waals surface area contributed by atoms with E-state index in [9.17, 15) is 18.0 Å². The van der Waals surface area contributed by atoms with Gasteiger partial charge < -0.3 is 19.7 Å². The SMILES string of the molecule is Cn1cc(C(=O)Nc2cc(Cl)cc(S(C)(=O)=O)c2)cc1-c1ccc(N2CCN(C(=O)C(C)(C)C)CC2)cn1. The highest BCUT2D eigenvalue weighted by Gasteiger charge is 2.29. The number of sulfone groups is 1. The maximum Gasteiger partial charge on any atom is 0.257 e. The summed E-state index contributed by atoms with van der Waals surface area (Å²) in [6.45, 7) is 8.64. The number of piperazine rings is 1. The van der Waals surface area contributed by atoms with Crippen LogP contribution in [0.15, 0.2) is 53.7 Å². The zero-order chi connectivity index (χ0) is 27.8. The molecule has 1 fully saturated rings. The van der Waals surface area contributed by atoms with Crippen molar-refractivity contribution in [2.75, 3.05) is 42.7 Å². The number of carbonyl (C=O) groups is 2. The van der Waals surface area contributed by atoms with Gasteiger partial charge in [0.15, 0.2) is 9.84 Å². The second-order valence-electron chi connectivity index (χ2n) is 10.6. The molecule has 0 saturated carbocycles. The van der Waals surface area contributed by atoms with Crippen LogP contribution in [0, 0.1) is 5.41 Å². The number of rotatable bonds is 5. The predicted molar refractivity (Wildman–Crippen MR) is 149 cm³/mol. The summed E-state index contributed by atoms with van der Waals surface area (Å²) >= 11 is 6.05. The lowest BCUT2D eigenvalue weighted by Crippen LogP contribution is -2.51. The van der Waals surface area contributed by atoms with Gasteiger partial charge in [-0.3, -0.25) is 14.6 Å². The van der Waals surface area contributed by atoms with E-state index >= 15 is 0 Å². The number of aromatic nitrogens is 2. The van der Waals surface area contributed by atoms with E-state index in [2.05, 4.69) is 15.2 Å². The van der Waals surface area contributed by atoms with Crippen LogP contribution in [0.5, 0.6) is 0 Å². The number of halogens is 1. The van der Waals surface area contributed by atoms with Crippen LogP contribution in [0.4, 0.5) is 11.4 Å². The van der Waals surface area contributed by atoms with E-state index in [4.69, 9.17) is 11.6 Å². The lowest BCUT2D eigenvalue weighted by atomic mass is 9.94. The summed E-state index contributed by atoms with van der Waals surface area (Å²) < 4.78 is 25.6. The van der Waals surface area contributed by atoms with Gasteiger partial charge in [0, 0.05) is 61.8 Å². The molecule has 1 aliphatic rings. The highest BCUT2D eigenvalue weighted by molar-refractivity contribution is 7.90. The first-order valence-electron chi connectivity index (χ1n) is 12.2. The number of anilines is 2. The Balaban J connectivity index is 1.45. The van der Waals surface area contributed by atoms with Crippen LogP contribution >= 0.6 is 11.6 Å². The van der Waals surface area contributed by atoms with E-state index in [0.717, 1.165) is 30.7 Å². The van der Waals surface area contributed by atoms with E-state index in [0.29, 0.717) is 30.0 Å². The van der Waals surface area contributed by atoms with Gasteiger partial charge >= 0.3 is 0 Å². The summed E-state index contributed by atoms with van der Waals surface area (Å²) in [7, 11) is -1.65. The Hall–Kier alpha value is -3.37. The molecule has 0 bridgehead atoms. The molecule has 11 heteroatoms. The number of benzene rings is 1. The first-order valence-corrected chi connectivity index (χ1v) is 14.5. The van der Waals surface area contributed by atoms with Gasteiger partial charge in [0.25, 0.3) is 5.91 Å². The number of aryl methyl sites for hydroxylation is 1. The van der Waals surface area contributed by atoms with Crippen LogP contribution in [-0.2, 0) is 21.7 Å². The minimum atomic E-state index is -3.48. The van der Waals surface area contributed by atoms with Crippen LogP contribution in [0.25, 0.3) is 11.4 Å². The molecule has 2 amide bonds. The molecule has 1 aliphatic heterocycles. The van der Waals surface area contributed by atoms with E-state index in [-0.39, 0.29) is 21.2 Å². The number of hydrogen-bond acceptors (Lipinski definition) is 6. The number of nitrogens with zero attached hydrogens (tertiary/aromatic N) is 4.